The lowest BCUT2D eigenvalue weighted by Crippen LogP contribution is -2.14. The molecule has 1 aromatic heterocycles. The highest BCUT2D eigenvalue weighted by Gasteiger charge is 2.04. The molecule has 0 aliphatic carbocycles. The summed E-state index contributed by atoms with van der Waals surface area (Å²) in [4.78, 5) is 8.41. The van der Waals surface area contributed by atoms with Crippen LogP contribution < -0.4 is 10.1 Å². The van der Waals surface area contributed by atoms with Crippen molar-refractivity contribution in [3.05, 3.63) is 47.3 Å². The van der Waals surface area contributed by atoms with E-state index in [4.69, 9.17) is 4.74 Å². The Morgan fingerprint density at radius 2 is 1.80 bits per heavy atom. The Hall–Kier alpha value is -2.24. The van der Waals surface area contributed by atoms with Gasteiger partial charge in [0.2, 0.25) is 5.95 Å². The van der Waals surface area contributed by atoms with E-state index in [1.807, 2.05) is 19.9 Å². The predicted molar refractivity (Wildman–Crippen MR) is 71.8 cm³/mol. The first-order valence-electron chi connectivity index (χ1n) is 6.18. The molecule has 2 rings (SSSR count). The zero-order chi connectivity index (χ0) is 14.5. The van der Waals surface area contributed by atoms with Gasteiger partial charge >= 0.3 is 0 Å². The number of hydrogen-bond acceptors (Lipinski definition) is 4. The third-order valence-corrected chi connectivity index (χ3v) is 2.52. The molecule has 1 aromatic carbocycles. The van der Waals surface area contributed by atoms with Crippen LogP contribution in [0.3, 0.4) is 0 Å². The van der Waals surface area contributed by atoms with Crippen LogP contribution in [0.2, 0.25) is 0 Å². The van der Waals surface area contributed by atoms with E-state index in [9.17, 15) is 8.78 Å². The van der Waals surface area contributed by atoms with Crippen molar-refractivity contribution in [2.24, 2.45) is 0 Å². The minimum absolute atomic E-state index is 0.0227. The number of benzene rings is 1. The summed E-state index contributed by atoms with van der Waals surface area (Å²) in [7, 11) is 0. The topological polar surface area (TPSA) is 47.0 Å². The highest BCUT2D eigenvalue weighted by molar-refractivity contribution is 5.28. The van der Waals surface area contributed by atoms with Crippen molar-refractivity contribution in [3.63, 3.8) is 0 Å². The largest absolute Gasteiger partial charge is 0.489 e. The summed E-state index contributed by atoms with van der Waals surface area (Å²) in [5.74, 6) is -0.815. The lowest BCUT2D eigenvalue weighted by molar-refractivity contribution is 0.313. The van der Waals surface area contributed by atoms with Gasteiger partial charge in [-0.1, -0.05) is 0 Å². The van der Waals surface area contributed by atoms with Gasteiger partial charge in [-0.3, -0.25) is 0 Å². The van der Waals surface area contributed by atoms with E-state index in [0.29, 0.717) is 12.5 Å². The number of anilines is 1. The number of halogens is 2. The van der Waals surface area contributed by atoms with Gasteiger partial charge in [0.1, 0.15) is 12.4 Å². The maximum absolute atomic E-state index is 13.3. The van der Waals surface area contributed by atoms with E-state index in [-0.39, 0.29) is 12.4 Å². The molecule has 0 aliphatic heterocycles. The van der Waals surface area contributed by atoms with Crippen LogP contribution in [-0.2, 0) is 0 Å². The van der Waals surface area contributed by atoms with Crippen molar-refractivity contribution >= 4 is 5.95 Å². The number of nitrogens with zero attached hydrogens (tertiary/aromatic N) is 2. The molecule has 0 atom stereocenters. The van der Waals surface area contributed by atoms with Crippen LogP contribution in [0, 0.1) is 25.5 Å². The van der Waals surface area contributed by atoms with E-state index in [1.54, 1.807) is 0 Å². The molecule has 1 N–H and O–H groups in total. The lowest BCUT2D eigenvalue weighted by atomic mass is 10.3. The predicted octanol–water partition coefficient (Wildman–Crippen LogP) is 2.86. The number of aryl methyl sites for hydroxylation is 2. The maximum Gasteiger partial charge on any atom is 0.223 e. The van der Waals surface area contributed by atoms with Crippen LogP contribution in [-0.4, -0.2) is 23.1 Å². The molecular formula is C14H15F2N3O. The Bertz CT molecular complexity index is 585. The highest BCUT2D eigenvalue weighted by atomic mass is 19.1. The fraction of sp³-hybridized carbons (Fsp3) is 0.286. The Morgan fingerprint density at radius 1 is 1.10 bits per heavy atom. The molecule has 0 spiro atoms. The van der Waals surface area contributed by atoms with Gasteiger partial charge < -0.3 is 10.1 Å². The molecular weight excluding hydrogens is 264 g/mol. The van der Waals surface area contributed by atoms with Crippen LogP contribution >= 0.6 is 0 Å². The van der Waals surface area contributed by atoms with Crippen molar-refractivity contribution in [2.75, 3.05) is 18.5 Å². The second-order valence-corrected chi connectivity index (χ2v) is 4.32. The Labute approximate surface area is 115 Å². The molecule has 6 heteroatoms. The van der Waals surface area contributed by atoms with Gasteiger partial charge in [0.25, 0.3) is 0 Å². The summed E-state index contributed by atoms with van der Waals surface area (Å²) in [6.07, 6.45) is 0. The number of ether oxygens (including phenoxy) is 1. The van der Waals surface area contributed by atoms with Crippen LogP contribution in [0.4, 0.5) is 14.7 Å². The minimum Gasteiger partial charge on any atom is -0.489 e. The molecule has 106 valence electrons. The van der Waals surface area contributed by atoms with Gasteiger partial charge in [0, 0.05) is 17.5 Å². The summed E-state index contributed by atoms with van der Waals surface area (Å²) in [5.41, 5.74) is 1.73. The normalized spacial score (nSPS) is 10.4. The van der Waals surface area contributed by atoms with Crippen LogP contribution in [0.5, 0.6) is 5.75 Å². The summed E-state index contributed by atoms with van der Waals surface area (Å²) in [6, 6.07) is 5.07. The Kier molecular flexibility index (Phi) is 4.45. The average Bonchev–Trinajstić information content (AvgIpc) is 2.35. The van der Waals surface area contributed by atoms with Gasteiger partial charge in [0.15, 0.2) is 11.6 Å². The van der Waals surface area contributed by atoms with E-state index in [1.165, 1.54) is 6.07 Å². The van der Waals surface area contributed by atoms with E-state index < -0.39 is 11.6 Å². The van der Waals surface area contributed by atoms with Gasteiger partial charge in [-0.15, -0.1) is 0 Å². The number of aromatic nitrogens is 2. The van der Waals surface area contributed by atoms with Crippen LogP contribution in [0.1, 0.15) is 11.4 Å². The summed E-state index contributed by atoms with van der Waals surface area (Å²) in [6.45, 7) is 4.40. The molecule has 0 fully saturated rings. The highest BCUT2D eigenvalue weighted by Crippen LogP contribution is 2.17. The van der Waals surface area contributed by atoms with E-state index >= 15 is 0 Å². The number of rotatable bonds is 5. The second kappa shape index (κ2) is 6.27. The molecule has 2 aromatic rings. The van der Waals surface area contributed by atoms with Crippen molar-refractivity contribution in [1.82, 2.24) is 9.97 Å². The van der Waals surface area contributed by atoms with Gasteiger partial charge in [-0.2, -0.15) is 0 Å². The average molecular weight is 279 g/mol. The first-order chi connectivity index (χ1) is 9.54. The molecule has 0 saturated carbocycles. The maximum atomic E-state index is 13.3. The van der Waals surface area contributed by atoms with Crippen LogP contribution in [0.15, 0.2) is 24.3 Å². The standard InChI is InChI=1S/C14H15F2N3O/c1-9-7-10(2)19-14(18-9)17-5-6-20-13-4-3-11(15)8-12(13)16/h3-4,7-8H,5-6H2,1-2H3,(H,17,18,19). The Balaban J connectivity index is 1.84. The van der Waals surface area contributed by atoms with E-state index in [0.717, 1.165) is 23.5 Å². The molecule has 0 radical (unpaired) electrons. The SMILES string of the molecule is Cc1cc(C)nc(NCCOc2ccc(F)cc2F)n1. The number of hydrogen-bond donors (Lipinski definition) is 1. The molecule has 0 saturated heterocycles. The number of nitrogens with one attached hydrogen (secondary N) is 1. The first-order valence-corrected chi connectivity index (χ1v) is 6.18. The molecule has 0 unspecified atom stereocenters. The van der Waals surface area contributed by atoms with E-state index in [2.05, 4.69) is 15.3 Å². The van der Waals surface area contributed by atoms with Crippen LogP contribution in [0.25, 0.3) is 0 Å². The van der Waals surface area contributed by atoms with Gasteiger partial charge in [-0.25, -0.2) is 18.7 Å². The quantitative estimate of drug-likeness (QED) is 0.855. The lowest BCUT2D eigenvalue weighted by Gasteiger charge is -2.09. The fourth-order valence-corrected chi connectivity index (χ4v) is 1.72. The Morgan fingerprint density at radius 3 is 2.45 bits per heavy atom. The molecule has 4 nitrogen and oxygen atoms in total. The van der Waals surface area contributed by atoms with Crippen molar-refractivity contribution in [1.29, 1.82) is 0 Å². The third-order valence-electron chi connectivity index (χ3n) is 2.52. The monoisotopic (exact) mass is 279 g/mol. The zero-order valence-electron chi connectivity index (χ0n) is 11.3. The summed E-state index contributed by atoms with van der Waals surface area (Å²) >= 11 is 0. The summed E-state index contributed by atoms with van der Waals surface area (Å²) in [5, 5.41) is 2.98. The second-order valence-electron chi connectivity index (χ2n) is 4.32. The molecule has 0 aliphatic rings. The van der Waals surface area contributed by atoms with Crippen molar-refractivity contribution < 1.29 is 13.5 Å². The summed E-state index contributed by atoms with van der Waals surface area (Å²) < 4.78 is 31.2. The fourth-order valence-electron chi connectivity index (χ4n) is 1.72. The smallest absolute Gasteiger partial charge is 0.223 e. The zero-order valence-corrected chi connectivity index (χ0v) is 11.3. The van der Waals surface area contributed by atoms with Crippen molar-refractivity contribution in [2.45, 2.75) is 13.8 Å². The minimum atomic E-state index is -0.715. The molecule has 1 heterocycles. The molecule has 0 bridgehead atoms. The third kappa shape index (κ3) is 3.88. The van der Waals surface area contributed by atoms with Gasteiger partial charge in [-0.05, 0) is 32.0 Å². The molecule has 20 heavy (non-hydrogen) atoms. The molecule has 0 amide bonds. The van der Waals surface area contributed by atoms with Crippen molar-refractivity contribution in [3.8, 4) is 5.75 Å². The first kappa shape index (κ1) is 14.2. The van der Waals surface area contributed by atoms with Gasteiger partial charge in [0.05, 0.1) is 6.54 Å².